The van der Waals surface area contributed by atoms with Crippen molar-refractivity contribution in [2.24, 2.45) is 0 Å². The molecular weight excluding hydrogens is 312 g/mol. The molecule has 0 aliphatic carbocycles. The molecule has 1 atom stereocenters. The van der Waals surface area contributed by atoms with E-state index < -0.39 is 5.97 Å². The van der Waals surface area contributed by atoms with Crippen LogP contribution in [0.1, 0.15) is 23.0 Å². The maximum absolute atomic E-state index is 10.8. The van der Waals surface area contributed by atoms with Gasteiger partial charge in [0.15, 0.2) is 0 Å². The number of H-pyrrole nitrogens is 1. The Labute approximate surface area is 117 Å². The fraction of sp³-hybridized carbons (Fsp3) is 0.231. The number of carboxylic acid groups (broad SMARTS) is 1. The highest BCUT2D eigenvalue weighted by molar-refractivity contribution is 9.10. The Kier molecular flexibility index (Phi) is 2.82. The first-order valence-corrected chi connectivity index (χ1v) is 6.62. The lowest BCUT2D eigenvalue weighted by atomic mass is 10.0. The molecule has 5 nitrogen and oxygen atoms in total. The highest BCUT2D eigenvalue weighted by Gasteiger charge is 2.23. The summed E-state index contributed by atoms with van der Waals surface area (Å²) in [6.07, 6.45) is 1.01. The van der Waals surface area contributed by atoms with Crippen LogP contribution in [0.15, 0.2) is 22.7 Å². The average molecular weight is 323 g/mol. The Hall–Kier alpha value is -1.82. The van der Waals surface area contributed by atoms with Crippen molar-refractivity contribution in [1.29, 1.82) is 0 Å². The van der Waals surface area contributed by atoms with Crippen molar-refractivity contribution in [3.63, 3.8) is 0 Å². The number of aromatic amines is 1. The molecule has 98 valence electrons. The normalized spacial score (nSPS) is 17.1. The number of benzene rings is 1. The van der Waals surface area contributed by atoms with Gasteiger partial charge in [0.1, 0.15) is 17.5 Å². The van der Waals surface area contributed by atoms with Crippen LogP contribution in [0.4, 0.5) is 0 Å². The van der Waals surface area contributed by atoms with E-state index in [1.54, 1.807) is 0 Å². The van der Waals surface area contributed by atoms with E-state index in [1.165, 1.54) is 6.07 Å². The Morgan fingerprint density at radius 3 is 3.00 bits per heavy atom. The molecule has 1 aliphatic rings. The summed E-state index contributed by atoms with van der Waals surface area (Å²) in [5, 5.41) is 15.4. The molecule has 0 fully saturated rings. The molecule has 0 amide bonds. The molecule has 1 aromatic carbocycles. The first-order chi connectivity index (χ1) is 9.04. The molecular formula is C13H11BrN2O3. The summed E-state index contributed by atoms with van der Waals surface area (Å²) >= 11 is 3.48. The third kappa shape index (κ3) is 2.12. The summed E-state index contributed by atoms with van der Waals surface area (Å²) in [6.45, 7) is 2.02. The van der Waals surface area contributed by atoms with Gasteiger partial charge in [-0.05, 0) is 46.6 Å². The molecule has 0 saturated heterocycles. The molecule has 6 heteroatoms. The van der Waals surface area contributed by atoms with Crippen molar-refractivity contribution < 1.29 is 14.6 Å². The molecule has 0 saturated carbocycles. The van der Waals surface area contributed by atoms with Crippen molar-refractivity contribution >= 4 is 21.9 Å². The third-order valence-electron chi connectivity index (χ3n) is 3.05. The van der Waals surface area contributed by atoms with Crippen molar-refractivity contribution in [2.75, 3.05) is 0 Å². The Balaban J connectivity index is 2.04. The van der Waals surface area contributed by atoms with Crippen LogP contribution >= 0.6 is 15.9 Å². The molecule has 19 heavy (non-hydrogen) atoms. The Bertz CT molecular complexity index is 666. The van der Waals surface area contributed by atoms with E-state index in [0.717, 1.165) is 27.8 Å². The lowest BCUT2D eigenvalue weighted by Gasteiger charge is -2.06. The number of carboxylic acids is 1. The first-order valence-electron chi connectivity index (χ1n) is 5.82. The van der Waals surface area contributed by atoms with Crippen LogP contribution in [0.2, 0.25) is 0 Å². The fourth-order valence-electron chi connectivity index (χ4n) is 2.21. The van der Waals surface area contributed by atoms with Gasteiger partial charge in [-0.25, -0.2) is 4.79 Å². The molecule has 1 unspecified atom stereocenters. The van der Waals surface area contributed by atoms with E-state index in [9.17, 15) is 4.79 Å². The van der Waals surface area contributed by atoms with Crippen LogP contribution in [-0.2, 0) is 6.42 Å². The topological polar surface area (TPSA) is 75.2 Å². The summed E-state index contributed by atoms with van der Waals surface area (Å²) in [5.41, 5.74) is 2.67. The predicted octanol–water partition coefficient (Wildman–Crippen LogP) is 2.86. The predicted molar refractivity (Wildman–Crippen MR) is 72.5 cm³/mol. The quantitative estimate of drug-likeness (QED) is 0.891. The summed E-state index contributed by atoms with van der Waals surface area (Å²) in [6, 6.07) is 5.40. The van der Waals surface area contributed by atoms with Crippen LogP contribution < -0.4 is 4.74 Å². The zero-order valence-electron chi connectivity index (χ0n) is 10.1. The van der Waals surface area contributed by atoms with E-state index in [4.69, 9.17) is 9.84 Å². The molecule has 2 heterocycles. The highest BCUT2D eigenvalue weighted by Crippen LogP contribution is 2.39. The number of nitrogens with zero attached hydrogens (tertiary/aromatic N) is 1. The number of aromatic carboxylic acids is 1. The number of halogens is 1. The molecule has 2 aromatic rings. The van der Waals surface area contributed by atoms with Crippen molar-refractivity contribution in [2.45, 2.75) is 19.4 Å². The van der Waals surface area contributed by atoms with Crippen LogP contribution in [-0.4, -0.2) is 27.4 Å². The summed E-state index contributed by atoms with van der Waals surface area (Å²) in [4.78, 5) is 10.8. The molecule has 3 rings (SSSR count). The number of ether oxygens (including phenoxy) is 1. The summed E-state index contributed by atoms with van der Waals surface area (Å²) in [5.74, 6) is -0.152. The van der Waals surface area contributed by atoms with Gasteiger partial charge in [-0.1, -0.05) is 0 Å². The maximum Gasteiger partial charge on any atom is 0.353 e. The second-order valence-electron chi connectivity index (χ2n) is 4.55. The van der Waals surface area contributed by atoms with Gasteiger partial charge < -0.3 is 9.84 Å². The van der Waals surface area contributed by atoms with Gasteiger partial charge in [-0.2, -0.15) is 5.10 Å². The van der Waals surface area contributed by atoms with Gasteiger partial charge in [-0.15, -0.1) is 0 Å². The van der Waals surface area contributed by atoms with Gasteiger partial charge in [0.2, 0.25) is 0 Å². The average Bonchev–Trinajstić information content (AvgIpc) is 2.94. The zero-order chi connectivity index (χ0) is 13.6. The van der Waals surface area contributed by atoms with E-state index in [-0.39, 0.29) is 11.8 Å². The van der Waals surface area contributed by atoms with E-state index in [1.807, 2.05) is 19.1 Å². The smallest absolute Gasteiger partial charge is 0.353 e. The van der Waals surface area contributed by atoms with Crippen LogP contribution in [0.3, 0.4) is 0 Å². The molecule has 0 bridgehead atoms. The number of nitrogens with one attached hydrogen (secondary N) is 1. The van der Waals surface area contributed by atoms with Gasteiger partial charge in [-0.3, -0.25) is 5.10 Å². The summed E-state index contributed by atoms with van der Waals surface area (Å²) < 4.78 is 6.57. The Morgan fingerprint density at radius 1 is 1.53 bits per heavy atom. The number of fused-ring (bicyclic) bond motifs is 1. The van der Waals surface area contributed by atoms with Crippen molar-refractivity contribution in [1.82, 2.24) is 10.2 Å². The Morgan fingerprint density at radius 2 is 2.32 bits per heavy atom. The van der Waals surface area contributed by atoms with Crippen LogP contribution in [0.5, 0.6) is 5.75 Å². The number of rotatable bonds is 2. The molecule has 0 spiro atoms. The second kappa shape index (κ2) is 4.38. The van der Waals surface area contributed by atoms with E-state index in [2.05, 4.69) is 26.1 Å². The lowest BCUT2D eigenvalue weighted by Crippen LogP contribution is -2.05. The number of aromatic nitrogens is 2. The molecule has 1 aliphatic heterocycles. The molecule has 0 radical (unpaired) electrons. The zero-order valence-corrected chi connectivity index (χ0v) is 11.7. The third-order valence-corrected chi connectivity index (χ3v) is 3.64. The first kappa shape index (κ1) is 12.2. The standard InChI is InChI=1S/C13H11BrN2O3/c1-6-2-8-3-7(4-9(14)12(8)19-6)10-5-11(13(17)18)16-15-10/h3-6H,2H2,1H3,(H,15,16)(H,17,18). The number of carbonyl (C=O) groups is 1. The monoisotopic (exact) mass is 322 g/mol. The van der Waals surface area contributed by atoms with Gasteiger partial charge in [0, 0.05) is 12.0 Å². The van der Waals surface area contributed by atoms with Gasteiger partial charge in [0.05, 0.1) is 10.2 Å². The molecule has 2 N–H and O–H groups in total. The molecule has 1 aromatic heterocycles. The minimum atomic E-state index is -1.02. The maximum atomic E-state index is 10.8. The minimum Gasteiger partial charge on any atom is -0.489 e. The number of hydrogen-bond donors (Lipinski definition) is 2. The number of hydrogen-bond acceptors (Lipinski definition) is 3. The SMILES string of the molecule is CC1Cc2cc(-c3cc(C(=O)O)[nH]n3)cc(Br)c2O1. The van der Waals surface area contributed by atoms with Gasteiger partial charge >= 0.3 is 5.97 Å². The van der Waals surface area contributed by atoms with Crippen LogP contribution in [0, 0.1) is 0 Å². The largest absolute Gasteiger partial charge is 0.489 e. The van der Waals surface area contributed by atoms with Crippen LogP contribution in [0.25, 0.3) is 11.3 Å². The lowest BCUT2D eigenvalue weighted by molar-refractivity contribution is 0.0690. The second-order valence-corrected chi connectivity index (χ2v) is 5.41. The fourth-order valence-corrected chi connectivity index (χ4v) is 2.81. The van der Waals surface area contributed by atoms with Crippen molar-refractivity contribution in [3.05, 3.63) is 33.9 Å². The van der Waals surface area contributed by atoms with Gasteiger partial charge in [0.25, 0.3) is 0 Å². The van der Waals surface area contributed by atoms with E-state index in [0.29, 0.717) is 5.69 Å². The van der Waals surface area contributed by atoms with Crippen molar-refractivity contribution in [3.8, 4) is 17.0 Å². The summed E-state index contributed by atoms with van der Waals surface area (Å²) in [7, 11) is 0. The highest BCUT2D eigenvalue weighted by atomic mass is 79.9. The minimum absolute atomic E-state index is 0.0799. The van der Waals surface area contributed by atoms with E-state index >= 15 is 0 Å².